The Hall–Kier alpha value is -1.68. The Morgan fingerprint density at radius 3 is 2.60 bits per heavy atom. The third-order valence-corrected chi connectivity index (χ3v) is 3.44. The van der Waals surface area contributed by atoms with Gasteiger partial charge in [-0.1, -0.05) is 35.6 Å². The lowest BCUT2D eigenvalue weighted by molar-refractivity contribution is 0.101. The maximum Gasteiger partial charge on any atom is 0.162 e. The van der Waals surface area contributed by atoms with Crippen molar-refractivity contribution in [1.29, 1.82) is 0 Å². The molecule has 0 aliphatic rings. The number of Topliss-reactive ketones (excluding diaryl/α,β-unsaturated/α-hetero) is 1. The zero-order valence-corrected chi connectivity index (χ0v) is 12.9. The fraction of sp³-hybridized carbons (Fsp3) is 0.250. The van der Waals surface area contributed by atoms with Crippen LogP contribution in [0.1, 0.15) is 36.7 Å². The van der Waals surface area contributed by atoms with E-state index in [0.29, 0.717) is 0 Å². The number of rotatable bonds is 4. The smallest absolute Gasteiger partial charge is 0.162 e. The lowest BCUT2D eigenvalue weighted by Crippen LogP contribution is -1.97. The molecule has 0 unspecified atom stereocenters. The summed E-state index contributed by atoms with van der Waals surface area (Å²) in [5, 5.41) is 2.93. The van der Waals surface area contributed by atoms with Crippen LogP contribution in [0.2, 0.25) is 0 Å². The van der Waals surface area contributed by atoms with E-state index in [2.05, 4.69) is 4.99 Å². The van der Waals surface area contributed by atoms with E-state index in [4.69, 9.17) is 0 Å². The molecule has 0 radical (unpaired) electrons. The van der Waals surface area contributed by atoms with E-state index in [1.807, 2.05) is 31.4 Å². The van der Waals surface area contributed by atoms with Crippen LogP contribution < -0.4 is 0 Å². The van der Waals surface area contributed by atoms with Crippen molar-refractivity contribution < 1.29 is 9.18 Å². The number of carbonyl (C=O) groups excluding carboxylic acids is 1. The molecule has 0 aliphatic carbocycles. The summed E-state index contributed by atoms with van der Waals surface area (Å²) in [5.74, 6) is -0.746. The van der Waals surface area contributed by atoms with Gasteiger partial charge < -0.3 is 0 Å². The molecule has 0 atom stereocenters. The van der Waals surface area contributed by atoms with E-state index in [1.54, 1.807) is 30.9 Å². The molecule has 2 nitrogen and oxygen atoms in total. The first-order chi connectivity index (χ1) is 9.43. The molecular formula is C16H18FNOS. The van der Waals surface area contributed by atoms with Gasteiger partial charge in [-0.3, -0.25) is 9.79 Å². The van der Waals surface area contributed by atoms with Gasteiger partial charge in [0.25, 0.3) is 0 Å². The molecule has 0 saturated heterocycles. The van der Waals surface area contributed by atoms with Gasteiger partial charge in [-0.05, 0) is 43.9 Å². The van der Waals surface area contributed by atoms with Gasteiger partial charge >= 0.3 is 0 Å². The standard InChI is InChI=1S/C16H18FNOS/c1-11(7-8-20-13(3)18-4)9-14-5-6-16(17)15(10-14)12(2)19/h5-10H,1-4H3/b8-7+,11-9+,18-13?. The van der Waals surface area contributed by atoms with Crippen molar-refractivity contribution in [3.8, 4) is 0 Å². The Balaban J connectivity index is 2.88. The van der Waals surface area contributed by atoms with Crippen molar-refractivity contribution in [2.45, 2.75) is 20.8 Å². The Morgan fingerprint density at radius 1 is 1.30 bits per heavy atom. The fourth-order valence-electron chi connectivity index (χ4n) is 1.51. The van der Waals surface area contributed by atoms with E-state index in [9.17, 15) is 9.18 Å². The molecule has 20 heavy (non-hydrogen) atoms. The Kier molecular flexibility index (Phi) is 6.39. The molecular weight excluding hydrogens is 273 g/mol. The number of nitrogens with zero attached hydrogens (tertiary/aromatic N) is 1. The zero-order valence-electron chi connectivity index (χ0n) is 12.1. The Labute approximate surface area is 123 Å². The van der Waals surface area contributed by atoms with Crippen molar-refractivity contribution in [2.75, 3.05) is 7.05 Å². The normalized spacial score (nSPS) is 13.1. The summed E-state index contributed by atoms with van der Waals surface area (Å²) in [7, 11) is 1.75. The topological polar surface area (TPSA) is 29.4 Å². The van der Waals surface area contributed by atoms with Crippen LogP contribution in [0.3, 0.4) is 0 Å². The molecule has 0 aliphatic heterocycles. The van der Waals surface area contributed by atoms with Crippen LogP contribution >= 0.6 is 11.8 Å². The van der Waals surface area contributed by atoms with Gasteiger partial charge in [-0.25, -0.2) is 4.39 Å². The zero-order chi connectivity index (χ0) is 15.1. The highest BCUT2D eigenvalue weighted by molar-refractivity contribution is 8.16. The molecule has 0 bridgehead atoms. The summed E-state index contributed by atoms with van der Waals surface area (Å²) < 4.78 is 13.4. The lowest BCUT2D eigenvalue weighted by Gasteiger charge is -2.01. The third-order valence-electron chi connectivity index (χ3n) is 2.65. The fourth-order valence-corrected chi connectivity index (χ4v) is 2.09. The summed E-state index contributed by atoms with van der Waals surface area (Å²) in [6.45, 7) is 5.25. The van der Waals surface area contributed by atoms with Crippen molar-refractivity contribution in [3.63, 3.8) is 0 Å². The summed E-state index contributed by atoms with van der Waals surface area (Å²) in [4.78, 5) is 15.3. The second-order valence-corrected chi connectivity index (χ2v) is 5.45. The molecule has 0 N–H and O–H groups in total. The molecule has 0 aromatic heterocycles. The van der Waals surface area contributed by atoms with E-state index < -0.39 is 5.82 Å². The number of thioether (sulfide) groups is 1. The monoisotopic (exact) mass is 291 g/mol. The van der Waals surface area contributed by atoms with Gasteiger partial charge in [0.05, 0.1) is 10.6 Å². The number of aliphatic imine (C=N–C) groups is 1. The molecule has 1 rings (SSSR count). The number of halogens is 1. The highest BCUT2D eigenvalue weighted by Crippen LogP contribution is 2.15. The van der Waals surface area contributed by atoms with Crippen LogP contribution in [0.15, 0.2) is 40.2 Å². The predicted octanol–water partition coefficient (Wildman–Crippen LogP) is 4.73. The number of allylic oxidation sites excluding steroid dienone is 2. The maximum atomic E-state index is 13.4. The van der Waals surface area contributed by atoms with Gasteiger partial charge in [0.1, 0.15) is 5.82 Å². The largest absolute Gasteiger partial charge is 0.294 e. The van der Waals surface area contributed by atoms with Crippen molar-refractivity contribution in [2.24, 2.45) is 4.99 Å². The molecule has 0 fully saturated rings. The SMILES string of the molecule is CN=C(C)S/C=C/C(C)=C/c1ccc(F)c(C(C)=O)c1. The number of benzene rings is 1. The summed E-state index contributed by atoms with van der Waals surface area (Å²) in [5.41, 5.74) is 1.95. The molecule has 0 spiro atoms. The van der Waals surface area contributed by atoms with Crippen LogP contribution in [0.4, 0.5) is 4.39 Å². The minimum atomic E-state index is -0.479. The van der Waals surface area contributed by atoms with Gasteiger partial charge in [0.2, 0.25) is 0 Å². The maximum absolute atomic E-state index is 13.4. The molecule has 1 aromatic rings. The highest BCUT2D eigenvalue weighted by Gasteiger charge is 2.06. The number of hydrogen-bond donors (Lipinski definition) is 0. The molecule has 106 valence electrons. The van der Waals surface area contributed by atoms with Crippen molar-refractivity contribution >= 4 is 28.7 Å². The van der Waals surface area contributed by atoms with Crippen LogP contribution in [-0.4, -0.2) is 17.9 Å². The summed E-state index contributed by atoms with van der Waals surface area (Å²) in [6.07, 6.45) is 3.86. The average Bonchev–Trinajstić information content (AvgIpc) is 2.40. The first kappa shape index (κ1) is 16.4. The average molecular weight is 291 g/mol. The lowest BCUT2D eigenvalue weighted by atomic mass is 10.1. The first-order valence-electron chi connectivity index (χ1n) is 6.19. The van der Waals surface area contributed by atoms with Gasteiger partial charge in [-0.2, -0.15) is 0 Å². The van der Waals surface area contributed by atoms with E-state index >= 15 is 0 Å². The number of ketones is 1. The Bertz CT molecular complexity index is 588. The van der Waals surface area contributed by atoms with Crippen LogP contribution in [0.25, 0.3) is 6.08 Å². The quantitative estimate of drug-likeness (QED) is 0.347. The van der Waals surface area contributed by atoms with Crippen LogP contribution in [-0.2, 0) is 0 Å². The Morgan fingerprint density at radius 2 is 2.00 bits per heavy atom. The van der Waals surface area contributed by atoms with Crippen molar-refractivity contribution in [1.82, 2.24) is 0 Å². The minimum Gasteiger partial charge on any atom is -0.294 e. The summed E-state index contributed by atoms with van der Waals surface area (Å²) >= 11 is 1.54. The van der Waals surface area contributed by atoms with E-state index in [1.165, 1.54) is 13.0 Å². The second-order valence-electron chi connectivity index (χ2n) is 4.35. The molecule has 0 saturated carbocycles. The van der Waals surface area contributed by atoms with E-state index in [0.717, 1.165) is 16.2 Å². The minimum absolute atomic E-state index is 0.124. The van der Waals surface area contributed by atoms with Gasteiger partial charge in [0, 0.05) is 7.05 Å². The van der Waals surface area contributed by atoms with E-state index in [-0.39, 0.29) is 11.3 Å². The van der Waals surface area contributed by atoms with Crippen molar-refractivity contribution in [3.05, 3.63) is 52.2 Å². The molecule has 0 amide bonds. The second kappa shape index (κ2) is 7.80. The molecule has 0 heterocycles. The third kappa shape index (κ3) is 5.13. The van der Waals surface area contributed by atoms with Crippen LogP contribution in [0, 0.1) is 5.82 Å². The highest BCUT2D eigenvalue weighted by atomic mass is 32.2. The number of carbonyl (C=O) groups is 1. The van der Waals surface area contributed by atoms with Crippen LogP contribution in [0.5, 0.6) is 0 Å². The predicted molar refractivity (Wildman–Crippen MR) is 85.8 cm³/mol. The van der Waals surface area contributed by atoms with Gasteiger partial charge in [-0.15, -0.1) is 0 Å². The first-order valence-corrected chi connectivity index (χ1v) is 7.07. The molecule has 4 heteroatoms. The number of hydrogen-bond acceptors (Lipinski definition) is 3. The van der Waals surface area contributed by atoms with Gasteiger partial charge in [0.15, 0.2) is 5.78 Å². The molecule has 1 aromatic carbocycles. The summed E-state index contributed by atoms with van der Waals surface area (Å²) in [6, 6.07) is 4.55.